The summed E-state index contributed by atoms with van der Waals surface area (Å²) in [6.45, 7) is 2.23. The maximum atomic E-state index is 14.1. The average Bonchev–Trinajstić information content (AvgIpc) is 3.40. The van der Waals surface area contributed by atoms with E-state index in [-0.39, 0.29) is 37.7 Å². The zero-order chi connectivity index (χ0) is 32.7. The number of rotatable bonds is 13. The molecule has 1 aliphatic heterocycles. The Morgan fingerprint density at radius 2 is 1.54 bits per heavy atom. The van der Waals surface area contributed by atoms with E-state index in [1.165, 1.54) is 12.1 Å². The lowest BCUT2D eigenvalue weighted by Gasteiger charge is -2.43. The van der Waals surface area contributed by atoms with Gasteiger partial charge in [0, 0.05) is 48.3 Å². The molecule has 0 aliphatic carbocycles. The molecule has 0 aromatic heterocycles. The summed E-state index contributed by atoms with van der Waals surface area (Å²) in [5.41, 5.74) is 9.43. The number of nitrogens with zero attached hydrogens (tertiary/aromatic N) is 2. The molecule has 4 aromatic carbocycles. The number of carbonyl (C=O) groups is 2. The summed E-state index contributed by atoms with van der Waals surface area (Å²) in [6, 6.07) is 29.5. The van der Waals surface area contributed by atoms with Crippen LogP contribution in [0.15, 0.2) is 120 Å². The Bertz CT molecular complexity index is 1670. The number of para-hydroxylation sites is 1. The summed E-state index contributed by atoms with van der Waals surface area (Å²) in [4.78, 5) is 30.0. The van der Waals surface area contributed by atoms with E-state index in [4.69, 9.17) is 5.73 Å². The minimum atomic E-state index is -2.09. The van der Waals surface area contributed by atoms with Crippen molar-refractivity contribution < 1.29 is 23.5 Å². The van der Waals surface area contributed by atoms with Crippen LogP contribution in [0, 0.1) is 11.6 Å². The highest BCUT2D eigenvalue weighted by Crippen LogP contribution is 2.64. The highest BCUT2D eigenvalue weighted by atomic mass is 32.3. The molecule has 0 fully saturated rings. The van der Waals surface area contributed by atoms with Crippen molar-refractivity contribution >= 4 is 27.7 Å². The third kappa shape index (κ3) is 7.73. The number of carbonyl (C=O) groups excluding carboxylic acids is 2. The predicted octanol–water partition coefficient (Wildman–Crippen LogP) is 6.52. The molecule has 5 rings (SSSR count). The zero-order valence-electron chi connectivity index (χ0n) is 25.8. The lowest BCUT2D eigenvalue weighted by Crippen LogP contribution is -2.46. The molecule has 1 heterocycles. The van der Waals surface area contributed by atoms with Crippen LogP contribution in [0.1, 0.15) is 30.0 Å². The number of hydrogen-bond acceptors (Lipinski definition) is 4. The van der Waals surface area contributed by atoms with Crippen LogP contribution < -0.4 is 10.0 Å². The molecule has 4 aromatic rings. The smallest absolute Gasteiger partial charge is 0.260 e. The van der Waals surface area contributed by atoms with E-state index in [2.05, 4.69) is 6.92 Å². The van der Waals surface area contributed by atoms with Crippen LogP contribution in [-0.4, -0.2) is 46.3 Å². The largest absolute Gasteiger partial charge is 0.390 e. The van der Waals surface area contributed by atoms with Crippen molar-refractivity contribution in [1.29, 1.82) is 0 Å². The van der Waals surface area contributed by atoms with E-state index >= 15 is 0 Å². The molecule has 46 heavy (non-hydrogen) atoms. The van der Waals surface area contributed by atoms with E-state index in [1.807, 2.05) is 94.6 Å². The molecular formula is C37H39F2N3O3S. The van der Waals surface area contributed by atoms with Gasteiger partial charge in [-0.2, -0.15) is 0 Å². The van der Waals surface area contributed by atoms with Crippen molar-refractivity contribution in [3.05, 3.63) is 143 Å². The lowest BCUT2D eigenvalue weighted by molar-refractivity contribution is -0.133. The zero-order valence-corrected chi connectivity index (χ0v) is 26.6. The predicted molar refractivity (Wildman–Crippen MR) is 180 cm³/mol. The molecule has 0 spiro atoms. The maximum absolute atomic E-state index is 14.1. The van der Waals surface area contributed by atoms with Gasteiger partial charge < -0.3 is 15.7 Å². The molecule has 0 saturated carbocycles. The van der Waals surface area contributed by atoms with E-state index in [0.717, 1.165) is 34.2 Å². The van der Waals surface area contributed by atoms with Gasteiger partial charge in [0.05, 0.1) is 11.8 Å². The topological polar surface area (TPSA) is 86.9 Å². The molecule has 3 N–H and O–H groups in total. The van der Waals surface area contributed by atoms with Crippen LogP contribution in [0.2, 0.25) is 0 Å². The Kier molecular flexibility index (Phi) is 10.7. The Balaban J connectivity index is 1.40. The first-order valence-corrected chi connectivity index (χ1v) is 17.2. The number of amides is 2. The highest BCUT2D eigenvalue weighted by molar-refractivity contribution is 8.38. The van der Waals surface area contributed by atoms with Gasteiger partial charge in [-0.05, 0) is 71.3 Å². The minimum absolute atomic E-state index is 0.0312. The summed E-state index contributed by atoms with van der Waals surface area (Å²) >= 11 is 0. The number of benzene rings is 4. The van der Waals surface area contributed by atoms with Gasteiger partial charge >= 0.3 is 0 Å². The van der Waals surface area contributed by atoms with Crippen LogP contribution in [0.5, 0.6) is 0 Å². The van der Waals surface area contributed by atoms with Crippen molar-refractivity contribution in [1.82, 2.24) is 4.90 Å². The normalized spacial score (nSPS) is 18.6. The molecule has 1 unspecified atom stereocenters. The Morgan fingerprint density at radius 1 is 0.891 bits per heavy atom. The fraction of sp³-hybridized carbons (Fsp3) is 0.243. The number of hydrogen-bond donors (Lipinski definition) is 2. The highest BCUT2D eigenvalue weighted by Gasteiger charge is 2.40. The monoisotopic (exact) mass is 643 g/mol. The summed E-state index contributed by atoms with van der Waals surface area (Å²) in [5.74, 6) is -1.40. The van der Waals surface area contributed by atoms with Crippen LogP contribution in [0.4, 0.5) is 14.5 Å². The maximum Gasteiger partial charge on any atom is 0.260 e. The van der Waals surface area contributed by atoms with Crippen molar-refractivity contribution in [3.63, 3.8) is 0 Å². The van der Waals surface area contributed by atoms with Crippen molar-refractivity contribution in [2.24, 2.45) is 5.73 Å². The number of aryl methyl sites for hydroxylation is 1. The average molecular weight is 644 g/mol. The standard InChI is InChI=1S/C37H39F2N3O3S/c1-2-27-10-9-11-28(20-27)25-41(26-35(43)34(40)23-29-21-30(38)24-31(39)22-29)36(44)16-18-46(33-14-7-4-8-15-33)19-17-37(45)42(46)32-12-5-3-6-13-32/h3-15,17,19-22,24,34-35,43H,2,16,18,23,25-26,40H2,1H3/t34-,35+/m0/s1. The van der Waals surface area contributed by atoms with Gasteiger partial charge in [0.1, 0.15) is 11.6 Å². The molecule has 6 nitrogen and oxygen atoms in total. The number of aliphatic hydroxyl groups is 1. The third-order valence-electron chi connectivity index (χ3n) is 8.15. The van der Waals surface area contributed by atoms with Crippen molar-refractivity contribution in [2.75, 3.05) is 16.6 Å². The van der Waals surface area contributed by atoms with Crippen LogP contribution in [0.3, 0.4) is 0 Å². The molecule has 9 heteroatoms. The Hall–Kier alpha value is -4.31. The first-order chi connectivity index (χ1) is 22.2. The fourth-order valence-corrected chi connectivity index (χ4v) is 9.16. The first-order valence-electron chi connectivity index (χ1n) is 15.4. The number of halogens is 2. The lowest BCUT2D eigenvalue weighted by atomic mass is 10.0. The molecule has 1 aliphatic rings. The Labute approximate surface area is 270 Å². The van der Waals surface area contributed by atoms with Gasteiger partial charge in [-0.1, -0.05) is 67.6 Å². The van der Waals surface area contributed by atoms with Gasteiger partial charge in [-0.3, -0.25) is 13.9 Å². The molecule has 3 atom stereocenters. The van der Waals surface area contributed by atoms with Gasteiger partial charge in [0.25, 0.3) is 5.91 Å². The SMILES string of the molecule is CCc1cccc(CN(C[C@@H](O)[C@@H](N)Cc2cc(F)cc(F)c2)C(=O)CCS2(c3ccccc3)C=CC(=O)N2c2ccccc2)c1. The third-order valence-corrected chi connectivity index (χ3v) is 11.7. The van der Waals surface area contributed by atoms with Crippen LogP contribution in [0.25, 0.3) is 0 Å². The van der Waals surface area contributed by atoms with Crippen LogP contribution >= 0.6 is 10.2 Å². The minimum Gasteiger partial charge on any atom is -0.390 e. The quantitative estimate of drug-likeness (QED) is 0.174. The van der Waals surface area contributed by atoms with E-state index in [9.17, 15) is 23.5 Å². The molecule has 240 valence electrons. The van der Waals surface area contributed by atoms with Crippen molar-refractivity contribution in [3.8, 4) is 0 Å². The van der Waals surface area contributed by atoms with Crippen LogP contribution in [-0.2, 0) is 29.0 Å². The summed E-state index contributed by atoms with van der Waals surface area (Å²) in [6.07, 6.45) is 1.40. The van der Waals surface area contributed by atoms with E-state index in [1.54, 1.807) is 11.0 Å². The van der Waals surface area contributed by atoms with Gasteiger partial charge in [0.15, 0.2) is 0 Å². The second kappa shape index (κ2) is 14.9. The van der Waals surface area contributed by atoms with E-state index < -0.39 is 34.0 Å². The summed E-state index contributed by atoms with van der Waals surface area (Å²) in [7, 11) is -2.09. The van der Waals surface area contributed by atoms with Crippen molar-refractivity contribution in [2.45, 2.75) is 49.8 Å². The molecular weight excluding hydrogens is 604 g/mol. The fourth-order valence-electron chi connectivity index (χ4n) is 5.78. The van der Waals surface area contributed by atoms with Gasteiger partial charge in [0.2, 0.25) is 5.91 Å². The molecule has 0 saturated heterocycles. The Morgan fingerprint density at radius 3 is 2.22 bits per heavy atom. The van der Waals surface area contributed by atoms with Gasteiger partial charge in [-0.25, -0.2) is 8.78 Å². The molecule has 0 radical (unpaired) electrons. The molecule has 2 amide bonds. The number of anilines is 1. The second-order valence-corrected chi connectivity index (χ2v) is 14.5. The number of aliphatic hydroxyl groups excluding tert-OH is 1. The second-order valence-electron chi connectivity index (χ2n) is 11.5. The molecule has 0 bridgehead atoms. The van der Waals surface area contributed by atoms with Gasteiger partial charge in [-0.15, -0.1) is 10.2 Å². The summed E-state index contributed by atoms with van der Waals surface area (Å²) < 4.78 is 29.4. The van der Waals surface area contributed by atoms with E-state index in [0.29, 0.717) is 11.3 Å². The summed E-state index contributed by atoms with van der Waals surface area (Å²) in [5, 5.41) is 13.1. The number of nitrogens with two attached hydrogens (primary N) is 1. The first kappa shape index (κ1) is 33.1.